The van der Waals surface area contributed by atoms with Crippen molar-refractivity contribution in [1.82, 2.24) is 4.90 Å². The number of primary sulfonamides is 1. The summed E-state index contributed by atoms with van der Waals surface area (Å²) >= 11 is 0. The number of carbonyl (C=O) groups is 2. The lowest BCUT2D eigenvalue weighted by atomic mass is 10.2. The highest BCUT2D eigenvalue weighted by molar-refractivity contribution is 7.89. The molecule has 7 nitrogen and oxygen atoms in total. The van der Waals surface area contributed by atoms with Gasteiger partial charge < -0.3 is 10.2 Å². The highest BCUT2D eigenvalue weighted by atomic mass is 32.2. The lowest BCUT2D eigenvalue weighted by Gasteiger charge is -2.19. The smallest absolute Gasteiger partial charge is 0.313 e. The Balaban J connectivity index is 2.00. The van der Waals surface area contributed by atoms with E-state index >= 15 is 0 Å². The maximum Gasteiger partial charge on any atom is 0.313 e. The third-order valence-corrected chi connectivity index (χ3v) is 4.46. The zero-order valence-corrected chi connectivity index (χ0v) is 12.9. The van der Waals surface area contributed by atoms with Crippen LogP contribution in [-0.2, 0) is 19.6 Å². The third kappa shape index (κ3) is 4.28. The summed E-state index contributed by atoms with van der Waals surface area (Å²) < 4.78 is 22.3. The van der Waals surface area contributed by atoms with Gasteiger partial charge in [0.05, 0.1) is 4.90 Å². The molecule has 1 fully saturated rings. The van der Waals surface area contributed by atoms with Crippen LogP contribution in [0.15, 0.2) is 29.2 Å². The molecule has 1 aliphatic rings. The molecule has 8 heteroatoms. The summed E-state index contributed by atoms with van der Waals surface area (Å²) in [5, 5.41) is 7.46. The van der Waals surface area contributed by atoms with Crippen molar-refractivity contribution in [2.24, 2.45) is 5.14 Å². The number of hydrogen-bond donors (Lipinski definition) is 2. The first-order chi connectivity index (χ1) is 10.4. The fourth-order valence-electron chi connectivity index (χ4n) is 2.33. The standard InChI is InChI=1S/C14H19N3O4S/c15-22(20,21)12-7-5-11(6-8-12)16-13(18)14(19)17-9-3-1-2-4-10-17/h5-8H,1-4,9-10H2,(H,16,18)(H2,15,20,21). The van der Waals surface area contributed by atoms with Crippen LogP contribution in [0.25, 0.3) is 0 Å². The Kier molecular flexibility index (Phi) is 5.15. The molecule has 1 aromatic carbocycles. The summed E-state index contributed by atoms with van der Waals surface area (Å²) in [6, 6.07) is 5.35. The lowest BCUT2D eigenvalue weighted by Crippen LogP contribution is -2.40. The van der Waals surface area contributed by atoms with E-state index in [2.05, 4.69) is 5.32 Å². The average molecular weight is 325 g/mol. The minimum Gasteiger partial charge on any atom is -0.334 e. The second-order valence-corrected chi connectivity index (χ2v) is 6.79. The van der Waals surface area contributed by atoms with Gasteiger partial charge in [-0.3, -0.25) is 9.59 Å². The number of rotatable bonds is 2. The average Bonchev–Trinajstić information content (AvgIpc) is 2.75. The summed E-state index contributed by atoms with van der Waals surface area (Å²) in [7, 11) is -3.77. The zero-order chi connectivity index (χ0) is 16.2. The second-order valence-electron chi connectivity index (χ2n) is 5.23. The SMILES string of the molecule is NS(=O)(=O)c1ccc(NC(=O)C(=O)N2CCCCCC2)cc1. The molecular formula is C14H19N3O4S. The zero-order valence-electron chi connectivity index (χ0n) is 12.1. The van der Waals surface area contributed by atoms with Crippen LogP contribution in [-0.4, -0.2) is 38.2 Å². The summed E-state index contributed by atoms with van der Waals surface area (Å²) in [5.41, 5.74) is 0.348. The van der Waals surface area contributed by atoms with Gasteiger partial charge in [0.25, 0.3) is 0 Å². The van der Waals surface area contributed by atoms with Gasteiger partial charge in [0.2, 0.25) is 10.0 Å². The number of benzene rings is 1. The van der Waals surface area contributed by atoms with Crippen LogP contribution in [0.4, 0.5) is 5.69 Å². The molecule has 0 bridgehead atoms. The van der Waals surface area contributed by atoms with Crippen molar-refractivity contribution in [2.75, 3.05) is 18.4 Å². The quantitative estimate of drug-likeness (QED) is 0.779. The normalized spacial score (nSPS) is 16.0. The third-order valence-electron chi connectivity index (χ3n) is 3.53. The Labute approximate surface area is 129 Å². The molecule has 1 aromatic rings. The summed E-state index contributed by atoms with van der Waals surface area (Å²) in [6.45, 7) is 1.19. The van der Waals surface area contributed by atoms with Crippen LogP contribution in [0, 0.1) is 0 Å². The highest BCUT2D eigenvalue weighted by Crippen LogP contribution is 2.14. The van der Waals surface area contributed by atoms with E-state index in [9.17, 15) is 18.0 Å². The van der Waals surface area contributed by atoms with Crippen LogP contribution < -0.4 is 10.5 Å². The molecule has 3 N–H and O–H groups in total. The Morgan fingerprint density at radius 3 is 2.05 bits per heavy atom. The number of anilines is 1. The van der Waals surface area contributed by atoms with Crippen LogP contribution in [0.5, 0.6) is 0 Å². The van der Waals surface area contributed by atoms with E-state index in [0.717, 1.165) is 25.7 Å². The Morgan fingerprint density at radius 1 is 1.00 bits per heavy atom. The molecule has 120 valence electrons. The van der Waals surface area contributed by atoms with Gasteiger partial charge in [0.15, 0.2) is 0 Å². The van der Waals surface area contributed by atoms with Gasteiger partial charge in [-0.1, -0.05) is 12.8 Å². The number of sulfonamides is 1. The van der Waals surface area contributed by atoms with E-state index in [-0.39, 0.29) is 4.90 Å². The van der Waals surface area contributed by atoms with Crippen molar-refractivity contribution in [2.45, 2.75) is 30.6 Å². The first-order valence-corrected chi connectivity index (χ1v) is 8.66. The number of likely N-dealkylation sites (tertiary alicyclic amines) is 1. The predicted octanol–water partition coefficient (Wildman–Crippen LogP) is 0.675. The second kappa shape index (κ2) is 6.89. The van der Waals surface area contributed by atoms with Gasteiger partial charge in [-0.25, -0.2) is 13.6 Å². The molecule has 0 unspecified atom stereocenters. The van der Waals surface area contributed by atoms with E-state index in [1.807, 2.05) is 0 Å². The van der Waals surface area contributed by atoms with Gasteiger partial charge in [-0.2, -0.15) is 0 Å². The molecule has 1 heterocycles. The van der Waals surface area contributed by atoms with E-state index < -0.39 is 21.8 Å². The van der Waals surface area contributed by atoms with E-state index in [4.69, 9.17) is 5.14 Å². The molecule has 0 atom stereocenters. The number of nitrogens with two attached hydrogens (primary N) is 1. The van der Waals surface area contributed by atoms with Gasteiger partial charge in [-0.15, -0.1) is 0 Å². The number of nitrogens with one attached hydrogen (secondary N) is 1. The minimum absolute atomic E-state index is 0.0515. The van der Waals surface area contributed by atoms with Crippen LogP contribution >= 0.6 is 0 Å². The fraction of sp³-hybridized carbons (Fsp3) is 0.429. The molecule has 0 spiro atoms. The van der Waals surface area contributed by atoms with E-state index in [1.165, 1.54) is 24.3 Å². The van der Waals surface area contributed by atoms with Crippen LogP contribution in [0.1, 0.15) is 25.7 Å². The predicted molar refractivity (Wildman–Crippen MR) is 81.5 cm³/mol. The van der Waals surface area contributed by atoms with Crippen molar-refractivity contribution < 1.29 is 18.0 Å². The Morgan fingerprint density at radius 2 is 1.55 bits per heavy atom. The number of hydrogen-bond acceptors (Lipinski definition) is 4. The molecule has 2 amide bonds. The maximum absolute atomic E-state index is 12.1. The van der Waals surface area contributed by atoms with Gasteiger partial charge >= 0.3 is 11.8 Å². The van der Waals surface area contributed by atoms with Crippen molar-refractivity contribution in [1.29, 1.82) is 0 Å². The monoisotopic (exact) mass is 325 g/mol. The first-order valence-electron chi connectivity index (χ1n) is 7.11. The van der Waals surface area contributed by atoms with Crippen LogP contribution in [0.2, 0.25) is 0 Å². The molecule has 0 radical (unpaired) electrons. The van der Waals surface area contributed by atoms with E-state index in [0.29, 0.717) is 18.8 Å². The molecule has 1 saturated heterocycles. The molecule has 0 aliphatic carbocycles. The molecule has 1 aliphatic heterocycles. The molecule has 2 rings (SSSR count). The van der Waals surface area contributed by atoms with Gasteiger partial charge in [0.1, 0.15) is 0 Å². The summed E-state index contributed by atoms with van der Waals surface area (Å²) in [5.74, 6) is -1.28. The fourth-order valence-corrected chi connectivity index (χ4v) is 2.85. The van der Waals surface area contributed by atoms with Crippen LogP contribution in [0.3, 0.4) is 0 Å². The molecule has 0 aromatic heterocycles. The molecule has 0 saturated carbocycles. The largest absolute Gasteiger partial charge is 0.334 e. The molecular weight excluding hydrogens is 306 g/mol. The number of amides is 2. The first kappa shape index (κ1) is 16.4. The maximum atomic E-state index is 12.1. The Hall–Kier alpha value is -1.93. The Bertz CT molecular complexity index is 647. The lowest BCUT2D eigenvalue weighted by molar-refractivity contribution is -0.143. The van der Waals surface area contributed by atoms with Crippen molar-refractivity contribution in [3.63, 3.8) is 0 Å². The van der Waals surface area contributed by atoms with Crippen molar-refractivity contribution >= 4 is 27.5 Å². The van der Waals surface area contributed by atoms with E-state index in [1.54, 1.807) is 4.90 Å². The summed E-state index contributed by atoms with van der Waals surface area (Å²) in [6.07, 6.45) is 3.95. The van der Waals surface area contributed by atoms with Crippen molar-refractivity contribution in [3.05, 3.63) is 24.3 Å². The molecule has 22 heavy (non-hydrogen) atoms. The van der Waals surface area contributed by atoms with Gasteiger partial charge in [0, 0.05) is 18.8 Å². The van der Waals surface area contributed by atoms with Gasteiger partial charge in [-0.05, 0) is 37.1 Å². The number of nitrogens with zero attached hydrogens (tertiary/aromatic N) is 1. The topological polar surface area (TPSA) is 110 Å². The highest BCUT2D eigenvalue weighted by Gasteiger charge is 2.22. The number of carbonyl (C=O) groups excluding carboxylic acids is 2. The minimum atomic E-state index is -3.77. The summed E-state index contributed by atoms with van der Waals surface area (Å²) in [4.78, 5) is 25.5. The van der Waals surface area contributed by atoms with Crippen molar-refractivity contribution in [3.8, 4) is 0 Å².